The van der Waals surface area contributed by atoms with Gasteiger partial charge in [-0.15, -0.1) is 0 Å². The van der Waals surface area contributed by atoms with Crippen LogP contribution in [-0.2, 0) is 11.8 Å². The van der Waals surface area contributed by atoms with E-state index in [1.165, 1.54) is 59.9 Å². The van der Waals surface area contributed by atoms with Crippen LogP contribution in [0.25, 0.3) is 5.57 Å². The predicted molar refractivity (Wildman–Crippen MR) is 169 cm³/mol. The number of unbranched alkanes of at least 4 members (excludes halogenated alkanes) is 3. The quantitative estimate of drug-likeness (QED) is 0.278. The van der Waals surface area contributed by atoms with Crippen molar-refractivity contribution < 1.29 is 0 Å². The summed E-state index contributed by atoms with van der Waals surface area (Å²) in [4.78, 5) is 2.19. The Morgan fingerprint density at radius 2 is 1.65 bits per heavy atom. The number of aryl methyl sites for hydroxylation is 1. The molecule has 0 bridgehead atoms. The Morgan fingerprint density at radius 1 is 1.00 bits per heavy atom. The summed E-state index contributed by atoms with van der Waals surface area (Å²) < 4.78 is 0. The Kier molecular flexibility index (Phi) is 16.8. The van der Waals surface area contributed by atoms with Gasteiger partial charge in [0.15, 0.2) is 0 Å². The van der Waals surface area contributed by atoms with Gasteiger partial charge in [-0.2, -0.15) is 5.10 Å². The molecule has 0 saturated carbocycles. The van der Waals surface area contributed by atoms with Crippen LogP contribution < -0.4 is 0 Å². The van der Waals surface area contributed by atoms with E-state index in [0.29, 0.717) is 0 Å². The molecule has 1 aromatic rings. The number of benzene rings is 1. The average Bonchev–Trinajstić information content (AvgIpc) is 2.84. The van der Waals surface area contributed by atoms with Crippen LogP contribution in [0.5, 0.6) is 0 Å². The normalized spacial score (nSPS) is 13.2. The minimum atomic E-state index is 0.187. The molecule has 208 valence electrons. The molecule has 0 saturated heterocycles. The molecule has 0 N–H and O–H groups in total. The van der Waals surface area contributed by atoms with Crippen molar-refractivity contribution in [1.82, 2.24) is 9.91 Å². The zero-order valence-corrected chi connectivity index (χ0v) is 26.0. The van der Waals surface area contributed by atoms with Gasteiger partial charge in [-0.1, -0.05) is 112 Å². The van der Waals surface area contributed by atoms with Crippen molar-refractivity contribution in [1.29, 1.82) is 0 Å². The van der Waals surface area contributed by atoms with E-state index in [0.717, 1.165) is 30.8 Å². The second kappa shape index (κ2) is 18.0. The smallest absolute Gasteiger partial charge is 0.0617 e. The number of hydrazone groups is 1. The lowest BCUT2D eigenvalue weighted by molar-refractivity contribution is 0.463. The number of rotatable bonds is 11. The Hall–Kier alpha value is -2.39. The van der Waals surface area contributed by atoms with Crippen LogP contribution in [0.1, 0.15) is 111 Å². The van der Waals surface area contributed by atoms with Crippen LogP contribution in [0, 0.1) is 0 Å². The molecule has 3 nitrogen and oxygen atoms in total. The molecule has 1 aromatic carbocycles. The first kappa shape index (κ1) is 34.6. The van der Waals surface area contributed by atoms with Gasteiger partial charge in [0.25, 0.3) is 0 Å². The largest absolute Gasteiger partial charge is 0.305 e. The average molecular weight is 508 g/mol. The first-order valence-electron chi connectivity index (χ1n) is 14.3. The fraction of sp³-hybridized carbons (Fsp3) is 0.559. The van der Waals surface area contributed by atoms with Gasteiger partial charge in [-0.25, -0.2) is 5.01 Å². The Morgan fingerprint density at radius 3 is 2.16 bits per heavy atom. The van der Waals surface area contributed by atoms with Crippen LogP contribution in [0.4, 0.5) is 0 Å². The first-order chi connectivity index (χ1) is 17.4. The molecule has 0 unspecified atom stereocenters. The van der Waals surface area contributed by atoms with Crippen molar-refractivity contribution >= 4 is 11.3 Å². The lowest BCUT2D eigenvalue weighted by atomic mass is 9.83. The first-order valence-corrected chi connectivity index (χ1v) is 14.3. The van der Waals surface area contributed by atoms with Crippen LogP contribution in [0.2, 0.25) is 0 Å². The van der Waals surface area contributed by atoms with E-state index < -0.39 is 0 Å². The minimum Gasteiger partial charge on any atom is -0.305 e. The topological polar surface area (TPSA) is 18.8 Å². The maximum Gasteiger partial charge on any atom is 0.0617 e. The van der Waals surface area contributed by atoms with E-state index in [4.69, 9.17) is 0 Å². The molecule has 1 aliphatic rings. The van der Waals surface area contributed by atoms with E-state index >= 15 is 0 Å². The van der Waals surface area contributed by atoms with Crippen molar-refractivity contribution in [3.8, 4) is 0 Å². The Labute approximate surface area is 230 Å². The van der Waals surface area contributed by atoms with Gasteiger partial charge in [0.1, 0.15) is 0 Å². The van der Waals surface area contributed by atoms with Gasteiger partial charge in [-0.05, 0) is 79.6 Å². The van der Waals surface area contributed by atoms with Crippen LogP contribution in [0.3, 0.4) is 0 Å². The fourth-order valence-corrected chi connectivity index (χ4v) is 3.97. The summed E-state index contributed by atoms with van der Waals surface area (Å²) in [5, 5.41) is 6.11. The number of allylic oxidation sites excluding steroid dienone is 2. The van der Waals surface area contributed by atoms with Crippen molar-refractivity contribution in [2.24, 2.45) is 5.10 Å². The van der Waals surface area contributed by atoms with Gasteiger partial charge in [0.05, 0.1) is 11.4 Å². The fourth-order valence-electron chi connectivity index (χ4n) is 3.97. The van der Waals surface area contributed by atoms with E-state index in [2.05, 4.69) is 103 Å². The van der Waals surface area contributed by atoms with E-state index in [1.807, 2.05) is 20.8 Å². The zero-order chi connectivity index (χ0) is 28.6. The highest BCUT2D eigenvalue weighted by Gasteiger charge is 2.16. The van der Waals surface area contributed by atoms with Crippen LogP contribution >= 0.6 is 0 Å². The van der Waals surface area contributed by atoms with Gasteiger partial charge in [0, 0.05) is 12.7 Å². The van der Waals surface area contributed by atoms with Crippen LogP contribution in [0.15, 0.2) is 66.6 Å². The summed E-state index contributed by atoms with van der Waals surface area (Å²) in [6.45, 7) is 30.2. The van der Waals surface area contributed by atoms with Crippen LogP contribution in [-0.4, -0.2) is 36.3 Å². The molecule has 0 atom stereocenters. The van der Waals surface area contributed by atoms with Crippen molar-refractivity contribution in [3.63, 3.8) is 0 Å². The number of nitrogens with zero attached hydrogens (tertiary/aromatic N) is 3. The minimum absolute atomic E-state index is 0.187. The molecule has 0 spiro atoms. The standard InChI is InChI=1S/C21H35N.C11H16N2.C2H6/c1-8-9-10-11-12-18-13-19(17(2)16-22(6)7)15-20(14-18)21(3,4)5;1-5-7-11-8-9(3)10(4)13(6-2)12-11;1-2/h13-15H,2,8-12,16H2,1,3-7H3;6,8H,2,4-5,7H2,1,3H3;1-2H3. The van der Waals surface area contributed by atoms with E-state index in [9.17, 15) is 0 Å². The van der Waals surface area contributed by atoms with Crippen molar-refractivity contribution in [2.75, 3.05) is 20.6 Å². The molecule has 0 aliphatic carbocycles. The maximum atomic E-state index is 4.38. The summed E-state index contributed by atoms with van der Waals surface area (Å²) in [6.07, 6.45) is 12.4. The molecule has 0 aromatic heterocycles. The van der Waals surface area contributed by atoms with Crippen molar-refractivity contribution in [2.45, 2.75) is 106 Å². The van der Waals surface area contributed by atoms with Gasteiger partial charge in [-0.3, -0.25) is 0 Å². The third-order valence-electron chi connectivity index (χ3n) is 6.12. The molecule has 0 fully saturated rings. The third kappa shape index (κ3) is 13.1. The monoisotopic (exact) mass is 507 g/mol. The molecule has 1 aliphatic heterocycles. The predicted octanol–water partition coefficient (Wildman–Crippen LogP) is 9.77. The number of hydrogen-bond donors (Lipinski definition) is 0. The summed E-state index contributed by atoms with van der Waals surface area (Å²) in [7, 11) is 4.20. The molecule has 2 rings (SSSR count). The van der Waals surface area contributed by atoms with E-state index in [1.54, 1.807) is 11.2 Å². The number of hydrogen-bond acceptors (Lipinski definition) is 3. The SMILES string of the molecule is C=C(CN(C)C)c1cc(CCCCCC)cc(C(C)(C)C)c1.C=CN1N=C(CCC)C=C(C)C1=C.CC. The second-order valence-corrected chi connectivity index (χ2v) is 11.0. The highest BCUT2D eigenvalue weighted by molar-refractivity contribution is 5.96. The van der Waals surface area contributed by atoms with Crippen molar-refractivity contribution in [3.05, 3.63) is 78.2 Å². The lowest BCUT2D eigenvalue weighted by Crippen LogP contribution is -2.17. The maximum absolute atomic E-state index is 4.38. The lowest BCUT2D eigenvalue weighted by Gasteiger charge is -2.22. The second-order valence-electron chi connectivity index (χ2n) is 11.0. The highest BCUT2D eigenvalue weighted by atomic mass is 15.5. The molecular formula is C34H57N3. The molecule has 0 radical (unpaired) electrons. The summed E-state index contributed by atoms with van der Waals surface area (Å²) in [5.41, 5.74) is 8.79. The molecular weight excluding hydrogens is 450 g/mol. The third-order valence-corrected chi connectivity index (χ3v) is 6.12. The Balaban J connectivity index is 0.000000733. The van der Waals surface area contributed by atoms with Gasteiger partial charge in [0.2, 0.25) is 0 Å². The van der Waals surface area contributed by atoms with Gasteiger partial charge < -0.3 is 4.90 Å². The molecule has 3 heteroatoms. The van der Waals surface area contributed by atoms with Gasteiger partial charge >= 0.3 is 0 Å². The summed E-state index contributed by atoms with van der Waals surface area (Å²) in [5.74, 6) is 0. The highest BCUT2D eigenvalue weighted by Crippen LogP contribution is 2.28. The molecule has 37 heavy (non-hydrogen) atoms. The summed E-state index contributed by atoms with van der Waals surface area (Å²) >= 11 is 0. The zero-order valence-electron chi connectivity index (χ0n) is 26.0. The molecule has 0 amide bonds. The number of likely N-dealkylation sites (N-methyl/N-ethyl adjacent to an activating group) is 1. The summed E-state index contributed by atoms with van der Waals surface area (Å²) in [6, 6.07) is 7.09. The Bertz CT molecular complexity index is 909. The van der Waals surface area contributed by atoms with E-state index in [-0.39, 0.29) is 5.41 Å². The molecule has 1 heterocycles.